The Balaban J connectivity index is 2.12. The Bertz CT molecular complexity index is 996. The van der Waals surface area contributed by atoms with Crippen LogP contribution < -0.4 is 10.0 Å². The van der Waals surface area contributed by atoms with Gasteiger partial charge in [-0.15, -0.1) is 0 Å². The summed E-state index contributed by atoms with van der Waals surface area (Å²) in [4.78, 5) is 11.6. The van der Waals surface area contributed by atoms with Crippen LogP contribution in [0.1, 0.15) is 6.92 Å². The number of carbonyl (C=O) groups is 1. The summed E-state index contributed by atoms with van der Waals surface area (Å²) in [7, 11) is -3.78. The molecule has 0 aliphatic rings. The second-order valence-corrected chi connectivity index (χ2v) is 7.29. The molecule has 0 saturated heterocycles. The van der Waals surface area contributed by atoms with Crippen LogP contribution in [0.3, 0.4) is 0 Å². The quantitative estimate of drug-likeness (QED) is 0.414. The molecule has 0 aliphatic heterocycles. The third-order valence-electron chi connectivity index (χ3n) is 3.24. The Morgan fingerprint density at radius 2 is 1.93 bits per heavy atom. The van der Waals surface area contributed by atoms with Gasteiger partial charge < -0.3 is 10.1 Å². The van der Waals surface area contributed by atoms with Crippen LogP contribution in [-0.2, 0) is 19.6 Å². The number of ether oxygens (including phenoxy) is 1. The second kappa shape index (κ2) is 9.07. The first-order valence-corrected chi connectivity index (χ1v) is 9.64. The molecule has 2 aromatic rings. The van der Waals surface area contributed by atoms with E-state index in [0.29, 0.717) is 16.4 Å². The molecule has 7 nitrogen and oxygen atoms in total. The van der Waals surface area contributed by atoms with Gasteiger partial charge in [0.1, 0.15) is 6.07 Å². The van der Waals surface area contributed by atoms with Crippen LogP contribution in [0.15, 0.2) is 65.2 Å². The fourth-order valence-electron chi connectivity index (χ4n) is 2.00. The lowest BCUT2D eigenvalue weighted by molar-refractivity contribution is -0.138. The maximum absolute atomic E-state index is 12.4. The van der Waals surface area contributed by atoms with Crippen molar-refractivity contribution in [2.45, 2.75) is 11.8 Å². The van der Waals surface area contributed by atoms with Crippen LogP contribution in [0.25, 0.3) is 0 Å². The maximum atomic E-state index is 12.4. The van der Waals surface area contributed by atoms with Crippen LogP contribution in [-0.4, -0.2) is 21.0 Å². The number of hydrogen-bond acceptors (Lipinski definition) is 6. The van der Waals surface area contributed by atoms with E-state index in [4.69, 9.17) is 21.6 Å². The van der Waals surface area contributed by atoms with Crippen molar-refractivity contribution in [2.24, 2.45) is 0 Å². The van der Waals surface area contributed by atoms with Crippen molar-refractivity contribution < 1.29 is 17.9 Å². The third kappa shape index (κ3) is 5.74. The highest BCUT2D eigenvalue weighted by Crippen LogP contribution is 2.20. The van der Waals surface area contributed by atoms with E-state index in [1.165, 1.54) is 36.5 Å². The van der Waals surface area contributed by atoms with Crippen molar-refractivity contribution >= 4 is 39.0 Å². The highest BCUT2D eigenvalue weighted by Gasteiger charge is 2.14. The van der Waals surface area contributed by atoms with Crippen LogP contribution in [0.5, 0.6) is 0 Å². The molecular weight excluding hydrogens is 390 g/mol. The molecule has 0 heterocycles. The number of nitriles is 1. The topological polar surface area (TPSA) is 108 Å². The molecule has 0 aliphatic carbocycles. The first kappa shape index (κ1) is 20.3. The molecule has 0 atom stereocenters. The summed E-state index contributed by atoms with van der Waals surface area (Å²) in [5.74, 6) is -0.739. The Morgan fingerprint density at radius 3 is 2.52 bits per heavy atom. The van der Waals surface area contributed by atoms with E-state index in [1.54, 1.807) is 31.2 Å². The van der Waals surface area contributed by atoms with Crippen LogP contribution >= 0.6 is 11.6 Å². The largest absolute Gasteiger partial charge is 0.462 e. The van der Waals surface area contributed by atoms with Crippen LogP contribution in [0.4, 0.5) is 11.4 Å². The molecule has 0 aromatic heterocycles. The standard InChI is InChI=1S/C18H16ClN3O4S/c1-2-26-18(23)13(11-20)12-21-15-6-8-17(9-7-15)27(24,25)22-16-5-3-4-14(19)10-16/h3-10,12,21-22H,2H2,1H3/b13-12+. The third-order valence-corrected chi connectivity index (χ3v) is 4.87. The molecule has 0 spiro atoms. The first-order chi connectivity index (χ1) is 12.9. The molecule has 2 N–H and O–H groups in total. The van der Waals surface area contributed by atoms with Gasteiger partial charge >= 0.3 is 5.97 Å². The molecule has 0 unspecified atom stereocenters. The SMILES string of the molecule is CCOC(=O)/C(C#N)=C/Nc1ccc(S(=O)(=O)Nc2cccc(Cl)c2)cc1. The lowest BCUT2D eigenvalue weighted by Gasteiger charge is -2.09. The number of carbonyl (C=O) groups excluding carboxylic acids is 1. The van der Waals surface area contributed by atoms with Crippen molar-refractivity contribution in [3.05, 3.63) is 65.3 Å². The van der Waals surface area contributed by atoms with E-state index in [2.05, 4.69) is 10.0 Å². The maximum Gasteiger partial charge on any atom is 0.350 e. The zero-order valence-corrected chi connectivity index (χ0v) is 15.8. The number of nitrogens with zero attached hydrogens (tertiary/aromatic N) is 1. The molecule has 0 radical (unpaired) electrons. The van der Waals surface area contributed by atoms with Crippen molar-refractivity contribution in [2.75, 3.05) is 16.6 Å². The van der Waals surface area contributed by atoms with Gasteiger partial charge in [-0.25, -0.2) is 13.2 Å². The monoisotopic (exact) mass is 405 g/mol. The number of hydrogen-bond donors (Lipinski definition) is 2. The van der Waals surface area contributed by atoms with Crippen molar-refractivity contribution in [1.29, 1.82) is 5.26 Å². The van der Waals surface area contributed by atoms with Gasteiger partial charge in [-0.2, -0.15) is 5.26 Å². The van der Waals surface area contributed by atoms with E-state index < -0.39 is 16.0 Å². The number of rotatable bonds is 7. The van der Waals surface area contributed by atoms with Gasteiger partial charge in [0.2, 0.25) is 0 Å². The summed E-state index contributed by atoms with van der Waals surface area (Å²) in [6.07, 6.45) is 1.20. The van der Waals surface area contributed by atoms with E-state index in [-0.39, 0.29) is 17.1 Å². The zero-order chi connectivity index (χ0) is 19.9. The number of anilines is 2. The average molecular weight is 406 g/mol. The summed E-state index contributed by atoms with van der Waals surface area (Å²) in [5, 5.41) is 12.1. The number of sulfonamides is 1. The summed E-state index contributed by atoms with van der Waals surface area (Å²) < 4.78 is 32.0. The first-order valence-electron chi connectivity index (χ1n) is 7.78. The van der Waals surface area contributed by atoms with E-state index in [9.17, 15) is 13.2 Å². The predicted molar refractivity (Wildman–Crippen MR) is 103 cm³/mol. The summed E-state index contributed by atoms with van der Waals surface area (Å²) >= 11 is 5.85. The van der Waals surface area contributed by atoms with Crippen LogP contribution in [0, 0.1) is 11.3 Å². The molecule has 0 saturated carbocycles. The molecule has 9 heteroatoms. The van der Waals surface area contributed by atoms with Crippen molar-refractivity contribution in [1.82, 2.24) is 0 Å². The van der Waals surface area contributed by atoms with E-state index >= 15 is 0 Å². The van der Waals surface area contributed by atoms with E-state index in [0.717, 1.165) is 0 Å². The predicted octanol–water partition coefficient (Wildman–Crippen LogP) is 3.52. The Morgan fingerprint density at radius 1 is 1.22 bits per heavy atom. The lowest BCUT2D eigenvalue weighted by atomic mass is 10.3. The van der Waals surface area contributed by atoms with Gasteiger partial charge in [0, 0.05) is 16.9 Å². The van der Waals surface area contributed by atoms with Gasteiger partial charge in [0.05, 0.1) is 17.2 Å². The van der Waals surface area contributed by atoms with E-state index in [1.807, 2.05) is 0 Å². The smallest absolute Gasteiger partial charge is 0.350 e. The molecule has 0 fully saturated rings. The minimum absolute atomic E-state index is 0.0444. The fraction of sp³-hybridized carbons (Fsp3) is 0.111. The van der Waals surface area contributed by atoms with Crippen LogP contribution in [0.2, 0.25) is 5.02 Å². The fourth-order valence-corrected chi connectivity index (χ4v) is 3.24. The van der Waals surface area contributed by atoms with Gasteiger partial charge in [0.15, 0.2) is 5.57 Å². The van der Waals surface area contributed by atoms with Crippen molar-refractivity contribution in [3.8, 4) is 6.07 Å². The Hall–Kier alpha value is -3.02. The molecular formula is C18H16ClN3O4S. The highest BCUT2D eigenvalue weighted by atomic mass is 35.5. The van der Waals surface area contributed by atoms with Crippen molar-refractivity contribution in [3.63, 3.8) is 0 Å². The summed E-state index contributed by atoms with van der Waals surface area (Å²) in [6.45, 7) is 1.79. The molecule has 140 valence electrons. The number of nitrogens with one attached hydrogen (secondary N) is 2. The molecule has 27 heavy (non-hydrogen) atoms. The molecule has 0 amide bonds. The second-order valence-electron chi connectivity index (χ2n) is 5.17. The lowest BCUT2D eigenvalue weighted by Crippen LogP contribution is -2.12. The molecule has 2 rings (SSSR count). The molecule has 0 bridgehead atoms. The molecule has 2 aromatic carbocycles. The summed E-state index contributed by atoms with van der Waals surface area (Å²) in [6, 6.07) is 13.9. The van der Waals surface area contributed by atoms with Gasteiger partial charge in [-0.1, -0.05) is 17.7 Å². The van der Waals surface area contributed by atoms with Gasteiger partial charge in [0.25, 0.3) is 10.0 Å². The number of benzene rings is 2. The zero-order valence-electron chi connectivity index (χ0n) is 14.3. The normalized spacial score (nSPS) is 11.4. The minimum Gasteiger partial charge on any atom is -0.462 e. The minimum atomic E-state index is -3.78. The van der Waals surface area contributed by atoms with Gasteiger partial charge in [-0.05, 0) is 49.4 Å². The van der Waals surface area contributed by atoms with Gasteiger partial charge in [-0.3, -0.25) is 4.72 Å². The Labute approximate surface area is 162 Å². The summed E-state index contributed by atoms with van der Waals surface area (Å²) in [5.41, 5.74) is 0.644. The number of esters is 1. The highest BCUT2D eigenvalue weighted by molar-refractivity contribution is 7.92. The average Bonchev–Trinajstić information content (AvgIpc) is 2.62. The number of halogens is 1. The Kier molecular flexibility index (Phi) is 6.82.